The Balaban J connectivity index is 1.52. The average molecular weight is 491 g/mol. The Hall–Kier alpha value is -2.38. The first-order valence-electron chi connectivity index (χ1n) is 14.4. The van der Waals surface area contributed by atoms with E-state index in [2.05, 4.69) is 42.2 Å². The summed E-state index contributed by atoms with van der Waals surface area (Å²) in [6.07, 6.45) is 18.3. The summed E-state index contributed by atoms with van der Waals surface area (Å²) in [5.74, 6) is 2.35. The molecule has 36 heavy (non-hydrogen) atoms. The Bertz CT molecular complexity index is 911. The van der Waals surface area contributed by atoms with E-state index < -0.39 is 0 Å². The molecule has 1 aliphatic carbocycles. The van der Waals surface area contributed by atoms with Crippen LogP contribution in [0.1, 0.15) is 114 Å². The van der Waals surface area contributed by atoms with Gasteiger partial charge >= 0.3 is 0 Å². The van der Waals surface area contributed by atoms with Crippen LogP contribution >= 0.6 is 0 Å². The summed E-state index contributed by atoms with van der Waals surface area (Å²) in [5.41, 5.74) is 3.64. The monoisotopic (exact) mass is 490 g/mol. The number of nitrogens with zero attached hydrogens (tertiary/aromatic N) is 2. The zero-order chi connectivity index (χ0) is 25.4. The summed E-state index contributed by atoms with van der Waals surface area (Å²) < 4.78 is 11.2. The van der Waals surface area contributed by atoms with Gasteiger partial charge in [-0.25, -0.2) is 4.98 Å². The normalized spacial score (nSPS) is 17.6. The van der Waals surface area contributed by atoms with Crippen LogP contribution in [-0.4, -0.2) is 25.3 Å². The fourth-order valence-electron chi connectivity index (χ4n) is 5.45. The molecule has 0 unspecified atom stereocenters. The van der Waals surface area contributed by atoms with Crippen molar-refractivity contribution in [2.75, 3.05) is 20.3 Å². The highest BCUT2D eigenvalue weighted by molar-refractivity contribution is 5.67. The van der Waals surface area contributed by atoms with Gasteiger partial charge in [-0.15, -0.1) is 0 Å². The van der Waals surface area contributed by atoms with E-state index in [0.717, 1.165) is 48.8 Å². The van der Waals surface area contributed by atoms with Crippen LogP contribution in [0.15, 0.2) is 36.4 Å². The number of hydrogen-bond acceptors (Lipinski definition) is 4. The maximum atomic E-state index is 9.37. The van der Waals surface area contributed by atoms with E-state index >= 15 is 0 Å². The van der Waals surface area contributed by atoms with Gasteiger partial charge in [0.15, 0.2) is 0 Å². The molecule has 1 aromatic heterocycles. The van der Waals surface area contributed by atoms with Gasteiger partial charge in [0.2, 0.25) is 0 Å². The molecule has 4 heteroatoms. The number of unbranched alkanes of at least 4 members (excludes halogenated alkanes) is 7. The standard InChI is InChI=1S/C32H46N2O2/c1-3-4-5-6-7-9-12-26-13-15-27(16-14-26)28-17-19-29(20-18-28)32-31(22-21-30(25-33)34-32)36-24-11-8-10-23-35-2/h17-22,26-27H,3-16,23-24H2,1-2H3. The highest BCUT2D eigenvalue weighted by atomic mass is 16.5. The quantitative estimate of drug-likeness (QED) is 0.221. The molecule has 1 fully saturated rings. The molecule has 4 nitrogen and oxygen atoms in total. The van der Waals surface area contributed by atoms with Crippen LogP contribution in [0.2, 0.25) is 0 Å². The van der Waals surface area contributed by atoms with Crippen molar-refractivity contribution >= 4 is 0 Å². The van der Waals surface area contributed by atoms with Crippen molar-refractivity contribution < 1.29 is 9.47 Å². The second kappa shape index (κ2) is 16.4. The summed E-state index contributed by atoms with van der Waals surface area (Å²) in [4.78, 5) is 4.59. The predicted octanol–water partition coefficient (Wildman–Crippen LogP) is 8.84. The van der Waals surface area contributed by atoms with E-state index in [-0.39, 0.29) is 0 Å². The molecule has 1 saturated carbocycles. The molecular weight excluding hydrogens is 444 g/mol. The second-order valence-corrected chi connectivity index (χ2v) is 10.5. The molecule has 0 N–H and O–H groups in total. The van der Waals surface area contributed by atoms with E-state index in [1.807, 2.05) is 6.07 Å². The molecule has 2 aromatic rings. The average Bonchev–Trinajstić information content (AvgIpc) is 2.93. The zero-order valence-electron chi connectivity index (χ0n) is 22.6. The maximum absolute atomic E-state index is 9.37. The molecule has 0 spiro atoms. The zero-order valence-corrected chi connectivity index (χ0v) is 22.6. The van der Waals surface area contributed by atoms with Crippen LogP contribution < -0.4 is 4.74 Å². The lowest BCUT2D eigenvalue weighted by molar-refractivity contribution is 0.189. The molecule has 1 heterocycles. The lowest BCUT2D eigenvalue weighted by Crippen LogP contribution is -2.13. The Morgan fingerprint density at radius 3 is 2.25 bits per heavy atom. The van der Waals surface area contributed by atoms with Crippen LogP contribution in [0.3, 0.4) is 0 Å². The van der Waals surface area contributed by atoms with Gasteiger partial charge in [0.1, 0.15) is 23.2 Å². The second-order valence-electron chi connectivity index (χ2n) is 10.5. The Labute approximate surface area is 219 Å². The van der Waals surface area contributed by atoms with Crippen molar-refractivity contribution in [1.82, 2.24) is 4.98 Å². The third-order valence-electron chi connectivity index (χ3n) is 7.69. The highest BCUT2D eigenvalue weighted by Crippen LogP contribution is 2.39. The molecule has 0 radical (unpaired) electrons. The lowest BCUT2D eigenvalue weighted by atomic mass is 9.77. The summed E-state index contributed by atoms with van der Waals surface area (Å²) >= 11 is 0. The van der Waals surface area contributed by atoms with Crippen LogP contribution in [-0.2, 0) is 4.74 Å². The molecule has 1 aromatic carbocycles. The summed E-state index contributed by atoms with van der Waals surface area (Å²) in [5, 5.41) is 9.37. The number of nitriles is 1. The minimum absolute atomic E-state index is 0.421. The van der Waals surface area contributed by atoms with E-state index in [0.29, 0.717) is 18.2 Å². The number of benzene rings is 1. The minimum Gasteiger partial charge on any atom is -0.491 e. The van der Waals surface area contributed by atoms with E-state index in [1.54, 1.807) is 13.2 Å². The first-order chi connectivity index (χ1) is 17.7. The number of methoxy groups -OCH3 is 1. The van der Waals surface area contributed by atoms with Gasteiger partial charge in [-0.1, -0.05) is 76.1 Å². The largest absolute Gasteiger partial charge is 0.491 e. The van der Waals surface area contributed by atoms with Gasteiger partial charge in [-0.2, -0.15) is 5.26 Å². The minimum atomic E-state index is 0.421. The first kappa shape index (κ1) is 28.2. The summed E-state index contributed by atoms with van der Waals surface area (Å²) in [7, 11) is 1.73. The molecule has 0 bridgehead atoms. The van der Waals surface area contributed by atoms with Crippen LogP contribution in [0.25, 0.3) is 11.3 Å². The Morgan fingerprint density at radius 2 is 1.53 bits per heavy atom. The number of ether oxygens (including phenoxy) is 2. The smallest absolute Gasteiger partial charge is 0.145 e. The number of rotatable bonds is 16. The van der Waals surface area contributed by atoms with Gasteiger partial charge in [0.05, 0.1) is 6.61 Å². The molecule has 0 atom stereocenters. The number of aromatic nitrogens is 1. The Kier molecular flexibility index (Phi) is 12.8. The Morgan fingerprint density at radius 1 is 0.833 bits per heavy atom. The van der Waals surface area contributed by atoms with Crippen molar-refractivity contribution in [2.45, 2.75) is 103 Å². The number of hydrogen-bond donors (Lipinski definition) is 0. The van der Waals surface area contributed by atoms with Crippen LogP contribution in [0.4, 0.5) is 0 Å². The third-order valence-corrected chi connectivity index (χ3v) is 7.69. The van der Waals surface area contributed by atoms with Gasteiger partial charge in [0.25, 0.3) is 0 Å². The van der Waals surface area contributed by atoms with Gasteiger partial charge in [-0.3, -0.25) is 0 Å². The lowest BCUT2D eigenvalue weighted by Gasteiger charge is -2.29. The van der Waals surface area contributed by atoms with Crippen molar-refractivity contribution in [3.63, 3.8) is 0 Å². The van der Waals surface area contributed by atoms with E-state index in [9.17, 15) is 5.26 Å². The van der Waals surface area contributed by atoms with Crippen molar-refractivity contribution in [3.05, 3.63) is 47.7 Å². The van der Waals surface area contributed by atoms with Crippen LogP contribution in [0, 0.1) is 17.2 Å². The predicted molar refractivity (Wildman–Crippen MR) is 148 cm³/mol. The first-order valence-corrected chi connectivity index (χ1v) is 14.4. The highest BCUT2D eigenvalue weighted by Gasteiger charge is 2.22. The topological polar surface area (TPSA) is 55.1 Å². The summed E-state index contributed by atoms with van der Waals surface area (Å²) in [6.45, 7) is 3.72. The fraction of sp³-hybridized carbons (Fsp3) is 0.625. The fourth-order valence-corrected chi connectivity index (χ4v) is 5.45. The molecule has 1 aliphatic rings. The van der Waals surface area contributed by atoms with Crippen molar-refractivity contribution in [3.8, 4) is 23.1 Å². The third kappa shape index (κ3) is 9.25. The van der Waals surface area contributed by atoms with Crippen molar-refractivity contribution in [1.29, 1.82) is 5.26 Å². The maximum Gasteiger partial charge on any atom is 0.145 e. The van der Waals surface area contributed by atoms with E-state index in [4.69, 9.17) is 9.47 Å². The van der Waals surface area contributed by atoms with E-state index in [1.165, 1.54) is 76.2 Å². The van der Waals surface area contributed by atoms with Gasteiger partial charge in [0, 0.05) is 19.3 Å². The molecule has 0 saturated heterocycles. The number of pyridine rings is 1. The molecule has 3 rings (SSSR count). The van der Waals surface area contributed by atoms with Crippen LogP contribution in [0.5, 0.6) is 5.75 Å². The molecule has 0 aliphatic heterocycles. The SMILES string of the molecule is CCCCCCCCC1CCC(c2ccc(-c3nc(C#N)ccc3OCCCCCOC)cc2)CC1. The van der Waals surface area contributed by atoms with Gasteiger partial charge in [-0.05, 0) is 74.5 Å². The van der Waals surface area contributed by atoms with Crippen molar-refractivity contribution in [2.24, 2.45) is 5.92 Å². The molecular formula is C32H46N2O2. The molecule has 0 amide bonds. The van der Waals surface area contributed by atoms with Gasteiger partial charge < -0.3 is 9.47 Å². The summed E-state index contributed by atoms with van der Waals surface area (Å²) in [6, 6.07) is 14.6. The molecule has 196 valence electrons.